The van der Waals surface area contributed by atoms with Gasteiger partial charge in [-0.05, 0) is 61.0 Å². The Kier molecular flexibility index (Phi) is 7.18. The van der Waals surface area contributed by atoms with Crippen LogP contribution >= 0.6 is 11.3 Å². The quantitative estimate of drug-likeness (QED) is 0.210. The minimum Gasteiger partial charge on any atom is -0.347 e. The first kappa shape index (κ1) is 26.1. The monoisotopic (exact) mass is 526 g/mol. The average Bonchev–Trinajstić information content (AvgIpc) is 3.46. The van der Waals surface area contributed by atoms with Gasteiger partial charge in [0, 0.05) is 23.4 Å². The van der Waals surface area contributed by atoms with Crippen molar-refractivity contribution in [3.05, 3.63) is 98.0 Å². The standard InChI is InChI=1S/C27H22F4N4OS/c1-5-17-10-11-37-25(17)26(36)33-14-19-7-6-18(12-22(19)28)24-15(2)34-35(16(24)3)20-8-9-23(32-4)21(13-20)27(29,30)31/h6-13H,5,14H2,1-3H3,(H,33,36). The third-order valence-corrected chi connectivity index (χ3v) is 7.01. The van der Waals surface area contributed by atoms with Gasteiger partial charge in [0.2, 0.25) is 0 Å². The summed E-state index contributed by atoms with van der Waals surface area (Å²) in [5.41, 5.74) is 1.97. The van der Waals surface area contributed by atoms with Crippen LogP contribution in [0, 0.1) is 26.2 Å². The Morgan fingerprint density at radius 3 is 2.54 bits per heavy atom. The zero-order valence-electron chi connectivity index (χ0n) is 20.2. The Labute approximate surface area is 215 Å². The molecule has 0 radical (unpaired) electrons. The van der Waals surface area contributed by atoms with Crippen LogP contribution in [0.3, 0.4) is 0 Å². The third kappa shape index (κ3) is 5.13. The van der Waals surface area contributed by atoms with Gasteiger partial charge in [0.15, 0.2) is 5.69 Å². The second-order valence-corrected chi connectivity index (χ2v) is 9.30. The van der Waals surface area contributed by atoms with E-state index in [2.05, 4.69) is 15.3 Å². The summed E-state index contributed by atoms with van der Waals surface area (Å²) in [4.78, 5) is 16.1. The Balaban J connectivity index is 1.61. The van der Waals surface area contributed by atoms with E-state index in [1.165, 1.54) is 28.2 Å². The Morgan fingerprint density at radius 2 is 1.89 bits per heavy atom. The molecule has 2 heterocycles. The van der Waals surface area contributed by atoms with Crippen LogP contribution in [-0.4, -0.2) is 15.7 Å². The number of hydrogen-bond acceptors (Lipinski definition) is 3. The molecule has 4 rings (SSSR count). The second kappa shape index (κ2) is 10.2. The first-order chi connectivity index (χ1) is 17.5. The average molecular weight is 527 g/mol. The van der Waals surface area contributed by atoms with Crippen LogP contribution in [-0.2, 0) is 19.1 Å². The van der Waals surface area contributed by atoms with Crippen molar-refractivity contribution in [3.8, 4) is 16.8 Å². The van der Waals surface area contributed by atoms with Crippen molar-refractivity contribution in [3.63, 3.8) is 0 Å². The molecule has 0 saturated heterocycles. The van der Waals surface area contributed by atoms with Crippen LogP contribution in [0.4, 0.5) is 23.2 Å². The van der Waals surface area contributed by atoms with Crippen LogP contribution in [0.25, 0.3) is 21.7 Å². The van der Waals surface area contributed by atoms with Crippen molar-refractivity contribution in [1.29, 1.82) is 0 Å². The number of nitrogens with zero attached hydrogens (tertiary/aromatic N) is 3. The van der Waals surface area contributed by atoms with Crippen molar-refractivity contribution < 1.29 is 22.4 Å². The van der Waals surface area contributed by atoms with E-state index in [9.17, 15) is 18.0 Å². The lowest BCUT2D eigenvalue weighted by Crippen LogP contribution is -2.23. The van der Waals surface area contributed by atoms with Gasteiger partial charge in [-0.1, -0.05) is 25.1 Å². The molecule has 1 amide bonds. The Morgan fingerprint density at radius 1 is 1.14 bits per heavy atom. The molecule has 0 bridgehead atoms. The molecule has 2 aromatic heterocycles. The number of halogens is 4. The van der Waals surface area contributed by atoms with E-state index in [1.54, 1.807) is 26.0 Å². The topological polar surface area (TPSA) is 51.3 Å². The smallest absolute Gasteiger partial charge is 0.347 e. The lowest BCUT2D eigenvalue weighted by Gasteiger charge is -2.12. The highest BCUT2D eigenvalue weighted by molar-refractivity contribution is 7.12. The lowest BCUT2D eigenvalue weighted by molar-refractivity contribution is -0.136. The Hall–Kier alpha value is -3.97. The van der Waals surface area contributed by atoms with E-state index < -0.39 is 23.2 Å². The molecule has 10 heteroatoms. The summed E-state index contributed by atoms with van der Waals surface area (Å²) < 4.78 is 56.7. The number of nitrogens with one attached hydrogen (secondary N) is 1. The fourth-order valence-corrected chi connectivity index (χ4v) is 5.12. The number of thiophene rings is 1. The highest BCUT2D eigenvalue weighted by Gasteiger charge is 2.34. The summed E-state index contributed by atoms with van der Waals surface area (Å²) in [5, 5.41) is 8.98. The normalized spacial score (nSPS) is 11.4. The molecule has 0 atom stereocenters. The Bertz CT molecular complexity index is 1530. The number of aryl methyl sites for hydroxylation is 2. The molecule has 190 valence electrons. The maximum Gasteiger partial charge on any atom is 0.407 e. The number of carbonyl (C=O) groups excluding carboxylic acids is 1. The predicted octanol–water partition coefficient (Wildman–Crippen LogP) is 7.42. The second-order valence-electron chi connectivity index (χ2n) is 8.39. The number of benzene rings is 2. The molecule has 0 spiro atoms. The highest BCUT2D eigenvalue weighted by atomic mass is 32.1. The van der Waals surface area contributed by atoms with E-state index >= 15 is 4.39 Å². The molecule has 1 N–H and O–H groups in total. The number of hydrogen-bond donors (Lipinski definition) is 1. The van der Waals surface area contributed by atoms with E-state index in [-0.39, 0.29) is 18.1 Å². The van der Waals surface area contributed by atoms with E-state index in [1.807, 2.05) is 18.4 Å². The summed E-state index contributed by atoms with van der Waals surface area (Å²) in [6.45, 7) is 12.4. The molecule has 2 aromatic carbocycles. The van der Waals surface area contributed by atoms with Crippen molar-refractivity contribution in [1.82, 2.24) is 15.1 Å². The molecule has 0 saturated carbocycles. The summed E-state index contributed by atoms with van der Waals surface area (Å²) in [6.07, 6.45) is -3.96. The number of alkyl halides is 3. The largest absolute Gasteiger partial charge is 0.407 e. The van der Waals surface area contributed by atoms with Crippen molar-refractivity contribution in [2.24, 2.45) is 0 Å². The van der Waals surface area contributed by atoms with Gasteiger partial charge in [0.1, 0.15) is 5.82 Å². The van der Waals surface area contributed by atoms with E-state index in [0.717, 1.165) is 24.1 Å². The van der Waals surface area contributed by atoms with Gasteiger partial charge in [0.25, 0.3) is 5.91 Å². The zero-order chi connectivity index (χ0) is 26.9. The van der Waals surface area contributed by atoms with Gasteiger partial charge in [-0.3, -0.25) is 4.79 Å². The molecule has 5 nitrogen and oxygen atoms in total. The van der Waals surface area contributed by atoms with Crippen LogP contribution < -0.4 is 5.32 Å². The van der Waals surface area contributed by atoms with Crippen molar-refractivity contribution >= 4 is 22.9 Å². The summed E-state index contributed by atoms with van der Waals surface area (Å²) >= 11 is 1.34. The maximum atomic E-state index is 15.0. The van der Waals surface area contributed by atoms with Crippen LogP contribution in [0.5, 0.6) is 0 Å². The molecule has 0 fully saturated rings. The minimum absolute atomic E-state index is 0.0108. The molecule has 0 unspecified atom stereocenters. The fourth-order valence-electron chi connectivity index (χ4n) is 4.21. The first-order valence-corrected chi connectivity index (χ1v) is 12.2. The fraction of sp³-hybridized carbons (Fsp3) is 0.222. The molecular formula is C27H22F4N4OS. The zero-order valence-corrected chi connectivity index (χ0v) is 21.0. The molecule has 0 aliphatic carbocycles. The van der Waals surface area contributed by atoms with Gasteiger partial charge >= 0.3 is 6.18 Å². The van der Waals surface area contributed by atoms with Crippen LogP contribution in [0.1, 0.15) is 44.7 Å². The van der Waals surface area contributed by atoms with Crippen LogP contribution in [0.2, 0.25) is 0 Å². The summed E-state index contributed by atoms with van der Waals surface area (Å²) in [6, 6.07) is 9.89. The summed E-state index contributed by atoms with van der Waals surface area (Å²) in [7, 11) is 0. The summed E-state index contributed by atoms with van der Waals surface area (Å²) in [5.74, 6) is -0.780. The molecule has 4 aromatic rings. The molecule has 0 aliphatic rings. The minimum atomic E-state index is -4.69. The molecule has 37 heavy (non-hydrogen) atoms. The lowest BCUT2D eigenvalue weighted by atomic mass is 10.0. The van der Waals surface area contributed by atoms with Gasteiger partial charge in [-0.25, -0.2) is 13.9 Å². The number of amides is 1. The number of carbonyl (C=O) groups is 1. The number of aromatic nitrogens is 2. The van der Waals surface area contributed by atoms with Crippen molar-refractivity contribution in [2.75, 3.05) is 0 Å². The van der Waals surface area contributed by atoms with Gasteiger partial charge in [-0.15, -0.1) is 11.3 Å². The first-order valence-electron chi connectivity index (χ1n) is 11.3. The third-order valence-electron chi connectivity index (χ3n) is 6.06. The number of rotatable bonds is 6. The SMILES string of the molecule is [C-]#[N+]c1ccc(-n2nc(C)c(-c3ccc(CNC(=O)c4sccc4CC)c(F)c3)c2C)cc1C(F)(F)F. The van der Waals surface area contributed by atoms with E-state index in [4.69, 9.17) is 6.57 Å². The maximum absolute atomic E-state index is 15.0. The van der Waals surface area contributed by atoms with Gasteiger partial charge < -0.3 is 5.32 Å². The molecule has 0 aliphatic heterocycles. The highest BCUT2D eigenvalue weighted by Crippen LogP contribution is 2.38. The molecular weight excluding hydrogens is 504 g/mol. The van der Waals surface area contributed by atoms with Crippen molar-refractivity contribution in [2.45, 2.75) is 39.9 Å². The van der Waals surface area contributed by atoms with Gasteiger partial charge in [-0.2, -0.15) is 18.3 Å². The van der Waals surface area contributed by atoms with Gasteiger partial charge in [0.05, 0.1) is 28.4 Å². The van der Waals surface area contributed by atoms with E-state index in [0.29, 0.717) is 33.0 Å². The predicted molar refractivity (Wildman–Crippen MR) is 135 cm³/mol. The van der Waals surface area contributed by atoms with Crippen LogP contribution in [0.15, 0.2) is 47.8 Å².